The smallest absolute Gasteiger partial charge is 0.305 e. The molecule has 0 amide bonds. The van der Waals surface area contributed by atoms with Crippen molar-refractivity contribution in [3.05, 3.63) is 28.8 Å². The maximum atomic E-state index is 10.7. The van der Waals surface area contributed by atoms with Gasteiger partial charge >= 0.3 is 5.97 Å². The quantitative estimate of drug-likeness (QED) is 0.904. The molecule has 0 saturated carbocycles. The molecule has 1 heterocycles. The molecule has 0 aliphatic heterocycles. The summed E-state index contributed by atoms with van der Waals surface area (Å²) in [6, 6.07) is 5.27. The summed E-state index contributed by atoms with van der Waals surface area (Å²) in [5.41, 5.74) is 7.61. The van der Waals surface area contributed by atoms with E-state index in [9.17, 15) is 4.79 Å². The number of carboxylic acids is 1. The summed E-state index contributed by atoms with van der Waals surface area (Å²) in [5.74, 6) is -0.888. The molecular formula is C14H18N2O2S. The van der Waals surface area contributed by atoms with Crippen molar-refractivity contribution in [1.29, 1.82) is 0 Å². The lowest BCUT2D eigenvalue weighted by Gasteiger charge is -2.13. The number of hydrogen-bond donors (Lipinski definition) is 2. The maximum absolute atomic E-state index is 10.7. The highest BCUT2D eigenvalue weighted by molar-refractivity contribution is 7.18. The molecule has 0 spiro atoms. The van der Waals surface area contributed by atoms with Crippen molar-refractivity contribution in [1.82, 2.24) is 4.98 Å². The highest BCUT2D eigenvalue weighted by Gasteiger charge is 2.19. The zero-order valence-electron chi connectivity index (χ0n) is 11.3. The van der Waals surface area contributed by atoms with Gasteiger partial charge in [-0.2, -0.15) is 0 Å². The van der Waals surface area contributed by atoms with Gasteiger partial charge in [-0.05, 0) is 17.7 Å². The molecule has 0 radical (unpaired) electrons. The molecule has 1 atom stereocenters. The van der Waals surface area contributed by atoms with Gasteiger partial charge in [0.1, 0.15) is 0 Å². The lowest BCUT2D eigenvalue weighted by molar-refractivity contribution is -0.137. The van der Waals surface area contributed by atoms with E-state index in [1.807, 2.05) is 18.2 Å². The van der Waals surface area contributed by atoms with Crippen molar-refractivity contribution in [2.24, 2.45) is 5.73 Å². The monoisotopic (exact) mass is 278 g/mol. The molecule has 0 aliphatic carbocycles. The second-order valence-corrected chi connectivity index (χ2v) is 6.73. The van der Waals surface area contributed by atoms with E-state index in [2.05, 4.69) is 25.8 Å². The fourth-order valence-corrected chi connectivity index (χ4v) is 2.81. The van der Waals surface area contributed by atoms with Crippen LogP contribution in [0.1, 0.15) is 43.8 Å². The lowest BCUT2D eigenvalue weighted by atomic mass is 9.98. The zero-order chi connectivity index (χ0) is 14.2. The molecule has 102 valence electrons. The number of carboxylic acid groups (broad SMARTS) is 1. The molecule has 19 heavy (non-hydrogen) atoms. The van der Waals surface area contributed by atoms with Crippen LogP contribution in [0.4, 0.5) is 0 Å². The Hall–Kier alpha value is -1.46. The van der Waals surface area contributed by atoms with E-state index in [1.165, 1.54) is 0 Å². The minimum absolute atomic E-state index is 0.0209. The Morgan fingerprint density at radius 3 is 2.74 bits per heavy atom. The number of aliphatic carboxylic acids is 1. The van der Waals surface area contributed by atoms with Crippen LogP contribution in [-0.2, 0) is 10.2 Å². The van der Waals surface area contributed by atoms with Gasteiger partial charge in [0.15, 0.2) is 0 Å². The topological polar surface area (TPSA) is 76.2 Å². The minimum Gasteiger partial charge on any atom is -0.481 e. The number of thiazole rings is 1. The summed E-state index contributed by atoms with van der Waals surface area (Å²) < 4.78 is 1.11. The summed E-state index contributed by atoms with van der Waals surface area (Å²) in [7, 11) is 0. The van der Waals surface area contributed by atoms with E-state index in [0.29, 0.717) is 0 Å². The van der Waals surface area contributed by atoms with Crippen LogP contribution >= 0.6 is 11.3 Å². The number of hydrogen-bond acceptors (Lipinski definition) is 4. The largest absolute Gasteiger partial charge is 0.481 e. The Balaban J connectivity index is 2.38. The number of nitrogens with zero attached hydrogens (tertiary/aromatic N) is 1. The number of benzene rings is 1. The predicted molar refractivity (Wildman–Crippen MR) is 77.5 cm³/mol. The number of nitrogens with two attached hydrogens (primary N) is 1. The van der Waals surface area contributed by atoms with Gasteiger partial charge in [-0.25, -0.2) is 4.98 Å². The minimum atomic E-state index is -0.888. The molecule has 0 fully saturated rings. The molecule has 2 rings (SSSR count). The molecule has 1 aromatic heterocycles. The summed E-state index contributed by atoms with van der Waals surface area (Å²) in [6.07, 6.45) is -0.0677. The zero-order valence-corrected chi connectivity index (χ0v) is 12.1. The molecule has 4 nitrogen and oxygen atoms in total. The highest BCUT2D eigenvalue weighted by atomic mass is 32.1. The molecule has 0 saturated heterocycles. The molecule has 3 N–H and O–H groups in total. The number of carbonyl (C=O) groups is 1. The molecule has 0 aliphatic rings. The fourth-order valence-electron chi connectivity index (χ4n) is 1.80. The average Bonchev–Trinajstić information content (AvgIpc) is 2.69. The number of fused-ring (bicyclic) bond motifs is 1. The van der Waals surface area contributed by atoms with Gasteiger partial charge < -0.3 is 10.8 Å². The van der Waals surface area contributed by atoms with Gasteiger partial charge in [-0.3, -0.25) is 4.79 Å². The average molecular weight is 278 g/mol. The van der Waals surface area contributed by atoms with Crippen LogP contribution < -0.4 is 5.73 Å². The van der Waals surface area contributed by atoms with Crippen LogP contribution in [0, 0.1) is 0 Å². The van der Waals surface area contributed by atoms with Crippen molar-refractivity contribution in [3.63, 3.8) is 0 Å². The second kappa shape index (κ2) is 4.90. The van der Waals surface area contributed by atoms with Crippen LogP contribution in [0.5, 0.6) is 0 Å². The Morgan fingerprint density at radius 1 is 1.47 bits per heavy atom. The third kappa shape index (κ3) is 3.11. The van der Waals surface area contributed by atoms with E-state index in [1.54, 1.807) is 11.3 Å². The van der Waals surface area contributed by atoms with E-state index < -0.39 is 12.0 Å². The predicted octanol–water partition coefficient (Wildman–Crippen LogP) is 3.07. The van der Waals surface area contributed by atoms with E-state index in [0.717, 1.165) is 20.8 Å². The van der Waals surface area contributed by atoms with Crippen LogP contribution in [0.25, 0.3) is 10.2 Å². The third-order valence-electron chi connectivity index (χ3n) is 2.88. The molecule has 2 aromatic rings. The Kier molecular flexibility index (Phi) is 3.60. The third-order valence-corrected chi connectivity index (χ3v) is 4.34. The van der Waals surface area contributed by atoms with Gasteiger partial charge in [-0.1, -0.05) is 26.8 Å². The van der Waals surface area contributed by atoms with Crippen molar-refractivity contribution in [3.8, 4) is 0 Å². The lowest BCUT2D eigenvalue weighted by Crippen LogP contribution is -2.14. The van der Waals surface area contributed by atoms with Crippen LogP contribution in [0.2, 0.25) is 0 Å². The first-order valence-electron chi connectivity index (χ1n) is 6.16. The van der Waals surface area contributed by atoms with Crippen molar-refractivity contribution < 1.29 is 9.90 Å². The van der Waals surface area contributed by atoms with Gasteiger partial charge in [0, 0.05) is 11.5 Å². The van der Waals surface area contributed by atoms with Crippen LogP contribution in [0.3, 0.4) is 0 Å². The summed E-state index contributed by atoms with van der Waals surface area (Å²) >= 11 is 1.67. The summed E-state index contributed by atoms with van der Waals surface area (Å²) in [5, 5.41) is 9.85. The summed E-state index contributed by atoms with van der Waals surface area (Å²) in [4.78, 5) is 15.3. The number of rotatable bonds is 3. The standard InChI is InChI=1S/C14H18N2O2S/c1-14(2,3)13-16-10-6-8(4-5-11(10)19-13)9(15)7-12(17)18/h4-6,9H,7,15H2,1-3H3,(H,17,18). The first kappa shape index (κ1) is 14.0. The van der Waals surface area contributed by atoms with E-state index in [-0.39, 0.29) is 11.8 Å². The van der Waals surface area contributed by atoms with Crippen molar-refractivity contribution in [2.45, 2.75) is 38.6 Å². The van der Waals surface area contributed by atoms with Crippen molar-refractivity contribution in [2.75, 3.05) is 0 Å². The molecule has 5 heteroatoms. The molecule has 1 aromatic carbocycles. The Morgan fingerprint density at radius 2 is 2.16 bits per heavy atom. The van der Waals surface area contributed by atoms with Crippen LogP contribution in [-0.4, -0.2) is 16.1 Å². The molecule has 1 unspecified atom stereocenters. The molecular weight excluding hydrogens is 260 g/mol. The second-order valence-electron chi connectivity index (χ2n) is 5.70. The SMILES string of the molecule is CC(C)(C)c1nc2cc(C(N)CC(=O)O)ccc2s1. The van der Waals surface area contributed by atoms with Crippen molar-refractivity contribution >= 4 is 27.5 Å². The fraction of sp³-hybridized carbons (Fsp3) is 0.429. The number of aromatic nitrogens is 1. The van der Waals surface area contributed by atoms with Gasteiger partial charge in [0.05, 0.1) is 21.6 Å². The normalized spacial score (nSPS) is 13.7. The van der Waals surface area contributed by atoms with Crippen LogP contribution in [0.15, 0.2) is 18.2 Å². The first-order chi connectivity index (χ1) is 8.77. The first-order valence-corrected chi connectivity index (χ1v) is 6.97. The van der Waals surface area contributed by atoms with E-state index in [4.69, 9.17) is 10.8 Å². The molecule has 0 bridgehead atoms. The van der Waals surface area contributed by atoms with Gasteiger partial charge in [0.2, 0.25) is 0 Å². The maximum Gasteiger partial charge on any atom is 0.305 e. The van der Waals surface area contributed by atoms with Gasteiger partial charge in [0.25, 0.3) is 0 Å². The van der Waals surface area contributed by atoms with E-state index >= 15 is 0 Å². The highest BCUT2D eigenvalue weighted by Crippen LogP contribution is 2.32. The Labute approximate surface area is 116 Å². The Bertz CT molecular complexity index is 613. The summed E-state index contributed by atoms with van der Waals surface area (Å²) in [6.45, 7) is 6.38. The van der Waals surface area contributed by atoms with Gasteiger partial charge in [-0.15, -0.1) is 11.3 Å².